The average Bonchev–Trinajstić information content (AvgIpc) is 1.85. The van der Waals surface area contributed by atoms with Crippen LogP contribution in [0, 0.1) is 27.7 Å². The Morgan fingerprint density at radius 3 is 1.37 bits per heavy atom. The van der Waals surface area contributed by atoms with E-state index < -0.39 is 31.3 Å². The molecule has 29 heteroatoms. The second-order valence-corrected chi connectivity index (χ2v) is 27.0. The topological polar surface area (TPSA) is 225 Å². The Kier molecular flexibility index (Phi) is 22.4. The van der Waals surface area contributed by atoms with E-state index in [-0.39, 0.29) is 32.3 Å². The fourth-order valence-electron chi connectivity index (χ4n) is 9.57. The van der Waals surface area contributed by atoms with E-state index in [1.807, 2.05) is 122 Å². The molecule has 2 aliphatic rings. The van der Waals surface area contributed by atoms with Gasteiger partial charge in [0.2, 0.25) is 5.16 Å². The van der Waals surface area contributed by atoms with Crippen molar-refractivity contribution in [1.82, 2.24) is 63.7 Å². The lowest BCUT2D eigenvalue weighted by atomic mass is 9.74. The van der Waals surface area contributed by atoms with Crippen LogP contribution in [0.4, 0.5) is 0 Å². The lowest BCUT2D eigenvalue weighted by Gasteiger charge is -2.25. The minimum atomic E-state index is -3.55. The van der Waals surface area contributed by atoms with Gasteiger partial charge in [-0.3, -0.25) is 23.1 Å². The van der Waals surface area contributed by atoms with Crippen molar-refractivity contribution >= 4 is 158 Å². The summed E-state index contributed by atoms with van der Waals surface area (Å²) in [7, 11) is -5.15. The Bertz CT molecular complexity index is 4190. The zero-order chi connectivity index (χ0) is 63.2. The molecule has 13 rings (SSSR count). The second kappa shape index (κ2) is 29.1. The molecule has 0 radical (unpaired) electrons. The number of hydroxylamine groups is 1. The van der Waals surface area contributed by atoms with Crippen molar-refractivity contribution in [3.05, 3.63) is 149 Å². The minimum absolute atomic E-state index is 0.135. The number of benzene rings is 5. The highest BCUT2D eigenvalue weighted by molar-refractivity contribution is 9.10. The van der Waals surface area contributed by atoms with E-state index in [0.717, 1.165) is 91.7 Å². The van der Waals surface area contributed by atoms with E-state index in [0.29, 0.717) is 17.2 Å². The second-order valence-electron chi connectivity index (χ2n) is 21.1. The van der Waals surface area contributed by atoms with E-state index >= 15 is 0 Å². The quantitative estimate of drug-likeness (QED) is 0.0626. The number of aryl methyl sites for hydroxylation is 4. The van der Waals surface area contributed by atoms with Gasteiger partial charge in [0, 0.05) is 85.3 Å². The fourth-order valence-corrected chi connectivity index (χ4v) is 11.8. The number of rotatable bonds is 7. The van der Waals surface area contributed by atoms with Gasteiger partial charge in [0.05, 0.1) is 61.9 Å². The molecule has 3 atom stereocenters. The summed E-state index contributed by atoms with van der Waals surface area (Å²) in [6, 6.07) is 24.6. The maximum absolute atomic E-state index is 12.2. The Morgan fingerprint density at radius 1 is 0.563 bits per heavy atom. The van der Waals surface area contributed by atoms with Gasteiger partial charge in [0.15, 0.2) is 10.5 Å². The molecular weight excluding hydrogens is 1270 g/mol. The van der Waals surface area contributed by atoms with Crippen LogP contribution in [0.5, 0.6) is 0 Å². The maximum atomic E-state index is 12.2. The van der Waals surface area contributed by atoms with Crippen LogP contribution in [-0.2, 0) is 39.4 Å². The highest BCUT2D eigenvalue weighted by Gasteiger charge is 2.48. The molecule has 20 nitrogen and oxygen atoms in total. The van der Waals surface area contributed by atoms with E-state index in [1.54, 1.807) is 42.8 Å². The number of hydrogen-bond donors (Lipinski definition) is 0. The summed E-state index contributed by atoms with van der Waals surface area (Å²) in [5, 5.41) is 20.2. The molecule has 2 fully saturated rings. The molecular formula is C58H66B3BrCl3N13O7S2. The highest BCUT2D eigenvalue weighted by atomic mass is 79.9. The molecule has 2 unspecified atom stereocenters. The lowest BCUT2D eigenvalue weighted by Crippen LogP contribution is -2.44. The van der Waals surface area contributed by atoms with Gasteiger partial charge in [-0.15, -0.1) is 0 Å². The van der Waals surface area contributed by atoms with Gasteiger partial charge < -0.3 is 13.7 Å². The minimum Gasteiger partial charge on any atom is -0.453 e. The standard InChI is InChI=1S/C14H16N4OS.C14H16N4.C13H13BrN4.C13H11NO3S.C3H9B3O3.CHCl3/c1-8(2)18-13-11(7-16-18)9(3)5-10-6-15-14(20(4)19)17-12(10)13;1-8(2)18-14-12(7-16-18)9(3)5-11-6-15-10(4)17-13(11)14;1-7(2)18-13-10(6-16-18)11(14)4-9-5-15-8(3)17-12(9)13;15-18(16,12-9-5-2-6-10-12)14-13(17-14)11-7-3-1-4-8-11;1-4-7-5(2)9-6(3)8-4;2-1(3)4/h5-8H,1-4H3;5-8H,1-4H3;4-7H,1-3H3;1-10,13H;1-3H3;1H/t;;;13-,14?;;/m...1../s1. The molecule has 0 N–H and O–H groups in total. The highest BCUT2D eigenvalue weighted by Crippen LogP contribution is 2.42. The molecule has 2 saturated heterocycles. The summed E-state index contributed by atoms with van der Waals surface area (Å²) in [6.07, 6.45) is 12.3. The molecule has 5 aromatic carbocycles. The van der Waals surface area contributed by atoms with E-state index in [1.165, 1.54) is 10.9 Å². The zero-order valence-electron chi connectivity index (χ0n) is 50.6. The van der Waals surface area contributed by atoms with E-state index in [4.69, 9.17) is 53.4 Å². The predicted molar refractivity (Wildman–Crippen MR) is 354 cm³/mol. The number of nitrogens with zero attached hydrogens (tertiary/aromatic N) is 13. The molecule has 0 aliphatic carbocycles. The number of hydrogen-bond acceptors (Lipinski definition) is 16. The molecule has 6 aromatic heterocycles. The molecule has 454 valence electrons. The number of sulfonamides is 1. The normalized spacial score (nSPS) is 15.3. The van der Waals surface area contributed by atoms with E-state index in [2.05, 4.69) is 123 Å². The summed E-state index contributed by atoms with van der Waals surface area (Å²) in [6.45, 7) is 26.2. The molecule has 0 bridgehead atoms. The largest absolute Gasteiger partial charge is 0.453 e. The molecule has 11 aromatic rings. The van der Waals surface area contributed by atoms with Crippen molar-refractivity contribution in [2.24, 2.45) is 0 Å². The van der Waals surface area contributed by atoms with Crippen molar-refractivity contribution < 1.29 is 31.2 Å². The van der Waals surface area contributed by atoms with Crippen LogP contribution >= 0.6 is 50.7 Å². The molecule has 2 aliphatic heterocycles. The van der Waals surface area contributed by atoms with Gasteiger partial charge in [-0.1, -0.05) is 99.3 Å². The first-order valence-electron chi connectivity index (χ1n) is 27.8. The third-order valence-electron chi connectivity index (χ3n) is 13.4. The number of fused-ring (bicyclic) bond motifs is 9. The van der Waals surface area contributed by atoms with Crippen molar-refractivity contribution in [2.75, 3.05) is 6.26 Å². The van der Waals surface area contributed by atoms with E-state index in [9.17, 15) is 12.6 Å². The Labute approximate surface area is 533 Å². The third-order valence-corrected chi connectivity index (χ3v) is 16.4. The lowest BCUT2D eigenvalue weighted by molar-refractivity contribution is 0.283. The van der Waals surface area contributed by atoms with Crippen LogP contribution in [-0.4, -0.2) is 108 Å². The predicted octanol–water partition coefficient (Wildman–Crippen LogP) is 14.1. The van der Waals surface area contributed by atoms with Crippen LogP contribution in [0.15, 0.2) is 131 Å². The van der Waals surface area contributed by atoms with Crippen LogP contribution in [0.2, 0.25) is 20.5 Å². The van der Waals surface area contributed by atoms with Gasteiger partial charge in [-0.25, -0.2) is 38.3 Å². The monoisotopic (exact) mass is 1340 g/mol. The van der Waals surface area contributed by atoms with Gasteiger partial charge >= 0.3 is 21.4 Å². The zero-order valence-corrected chi connectivity index (χ0v) is 56.1. The smallest absolute Gasteiger partial charge is 0.426 e. The summed E-state index contributed by atoms with van der Waals surface area (Å²) < 4.78 is 58.6. The number of alkyl halides is 3. The number of halogens is 4. The average molecular weight is 1340 g/mol. The van der Waals surface area contributed by atoms with Crippen molar-refractivity contribution in [3.8, 4) is 0 Å². The van der Waals surface area contributed by atoms with Crippen molar-refractivity contribution in [3.63, 3.8) is 0 Å². The van der Waals surface area contributed by atoms with Gasteiger partial charge in [0.1, 0.15) is 17.2 Å². The summed E-state index contributed by atoms with van der Waals surface area (Å²) in [5.74, 6) is 1.58. The molecule has 8 heterocycles. The molecule has 0 amide bonds. The van der Waals surface area contributed by atoms with Gasteiger partial charge in [-0.05, 0) is 136 Å². The fraction of sp³-hybridized carbons (Fsp3) is 0.328. The van der Waals surface area contributed by atoms with Crippen LogP contribution in [0.3, 0.4) is 0 Å². The number of aromatic nitrogens is 12. The van der Waals surface area contributed by atoms with Crippen LogP contribution in [0.25, 0.3) is 65.4 Å². The Balaban J connectivity index is 0.000000141. The van der Waals surface area contributed by atoms with Crippen LogP contribution in [0.1, 0.15) is 94.2 Å². The summed E-state index contributed by atoms with van der Waals surface area (Å²) >= 11 is 18.0. The summed E-state index contributed by atoms with van der Waals surface area (Å²) in [5.41, 5.74) is 9.15. The molecule has 87 heavy (non-hydrogen) atoms. The molecule has 0 spiro atoms. The molecule has 0 saturated carbocycles. The Morgan fingerprint density at radius 2 is 0.943 bits per heavy atom. The first-order valence-corrected chi connectivity index (χ1v) is 32.9. The van der Waals surface area contributed by atoms with Gasteiger partial charge in [0.25, 0.3) is 10.0 Å². The maximum Gasteiger partial charge on any atom is 0.426 e. The third kappa shape index (κ3) is 16.1. The SMILES string of the molecule is CB1OB(C)OB(C)O1.Cc1cc2cnc(S(C)=O)nc2c2c1cnn2C(C)C.Cc1ncc2cc(Br)c3cnn(C(C)C)c3c2n1.Cc1ncc2cc(C)c3cnn(C(C)C)c3c2n1.ClC(Cl)Cl.O=S(=O)(c1ccccc1)N1O[C@@H]1c1ccccc1. The van der Waals surface area contributed by atoms with Crippen molar-refractivity contribution in [2.45, 2.75) is 128 Å². The van der Waals surface area contributed by atoms with Crippen LogP contribution < -0.4 is 0 Å². The summed E-state index contributed by atoms with van der Waals surface area (Å²) in [4.78, 5) is 31.7. The first-order chi connectivity index (χ1) is 41.2. The van der Waals surface area contributed by atoms with Crippen molar-refractivity contribution in [1.29, 1.82) is 0 Å². The van der Waals surface area contributed by atoms with Gasteiger partial charge in [-0.2, -0.15) is 15.3 Å². The Hall–Kier alpha value is -6.03. The first kappa shape index (κ1) is 66.9.